The van der Waals surface area contributed by atoms with E-state index < -0.39 is 6.10 Å². The number of likely N-dealkylation sites (N-methyl/N-ethyl adjacent to an activating group) is 1. The number of nitrogens with zero attached hydrogens (tertiary/aromatic N) is 1. The summed E-state index contributed by atoms with van der Waals surface area (Å²) in [5.74, 6) is -0.0000586. The molecule has 4 heteroatoms. The zero-order chi connectivity index (χ0) is 15.4. The molecule has 0 saturated carbocycles. The first-order valence-electron chi connectivity index (χ1n) is 7.66. The summed E-state index contributed by atoms with van der Waals surface area (Å²) in [5.41, 5.74) is 1.26. The van der Waals surface area contributed by atoms with Crippen LogP contribution >= 0.6 is 0 Å². The van der Waals surface area contributed by atoms with Crippen LogP contribution in [0.25, 0.3) is 10.8 Å². The second-order valence-corrected chi connectivity index (χ2v) is 5.58. The van der Waals surface area contributed by atoms with Crippen LogP contribution in [0, 0.1) is 0 Å². The number of ether oxygens (including phenoxy) is 2. The summed E-state index contributed by atoms with van der Waals surface area (Å²) in [5, 5.41) is 2.49. The lowest BCUT2D eigenvalue weighted by atomic mass is 10.0. The van der Waals surface area contributed by atoms with Gasteiger partial charge >= 0.3 is 0 Å². The van der Waals surface area contributed by atoms with E-state index >= 15 is 0 Å². The predicted molar refractivity (Wildman–Crippen MR) is 85.8 cm³/mol. The van der Waals surface area contributed by atoms with E-state index in [1.807, 2.05) is 19.2 Å². The van der Waals surface area contributed by atoms with E-state index in [0.717, 1.165) is 6.42 Å². The van der Waals surface area contributed by atoms with Gasteiger partial charge in [-0.15, -0.1) is 0 Å². The molecule has 0 aromatic heterocycles. The Kier molecular flexibility index (Phi) is 4.71. The summed E-state index contributed by atoms with van der Waals surface area (Å²) in [4.78, 5) is 14.0. The van der Waals surface area contributed by atoms with Crippen molar-refractivity contribution in [3.8, 4) is 0 Å². The van der Waals surface area contributed by atoms with Crippen molar-refractivity contribution in [1.82, 2.24) is 4.90 Å². The van der Waals surface area contributed by atoms with Gasteiger partial charge < -0.3 is 14.4 Å². The Hall–Kier alpha value is -1.91. The van der Waals surface area contributed by atoms with Crippen LogP contribution in [0.15, 0.2) is 42.5 Å². The van der Waals surface area contributed by atoms with Crippen molar-refractivity contribution in [1.29, 1.82) is 0 Å². The van der Waals surface area contributed by atoms with Gasteiger partial charge in [0, 0.05) is 13.6 Å². The predicted octanol–water partition coefficient (Wildman–Crippen LogP) is 2.26. The van der Waals surface area contributed by atoms with Gasteiger partial charge in [0.1, 0.15) is 0 Å². The summed E-state index contributed by atoms with van der Waals surface area (Å²) in [6, 6.07) is 14.6. The Labute approximate surface area is 130 Å². The molecule has 0 radical (unpaired) electrons. The molecule has 1 aliphatic rings. The lowest BCUT2D eigenvalue weighted by Crippen LogP contribution is -2.44. The lowest BCUT2D eigenvalue weighted by molar-refractivity contribution is -0.156. The van der Waals surface area contributed by atoms with Crippen molar-refractivity contribution in [3.63, 3.8) is 0 Å². The molecule has 1 unspecified atom stereocenters. The van der Waals surface area contributed by atoms with Gasteiger partial charge in [-0.1, -0.05) is 42.5 Å². The van der Waals surface area contributed by atoms with Crippen molar-refractivity contribution in [2.24, 2.45) is 0 Å². The second-order valence-electron chi connectivity index (χ2n) is 5.58. The van der Waals surface area contributed by atoms with Gasteiger partial charge in [0.15, 0.2) is 6.10 Å². The first-order chi connectivity index (χ1) is 10.8. The molecule has 0 N–H and O–H groups in total. The number of carbonyl (C=O) groups is 1. The average Bonchev–Trinajstić information content (AvgIpc) is 2.59. The van der Waals surface area contributed by atoms with E-state index in [0.29, 0.717) is 26.4 Å². The largest absolute Gasteiger partial charge is 0.376 e. The van der Waals surface area contributed by atoms with Crippen LogP contribution < -0.4 is 0 Å². The van der Waals surface area contributed by atoms with Crippen molar-refractivity contribution in [2.45, 2.75) is 12.5 Å². The van der Waals surface area contributed by atoms with E-state index in [9.17, 15) is 4.79 Å². The molecule has 4 nitrogen and oxygen atoms in total. The first kappa shape index (κ1) is 15.0. The molecular formula is C18H21NO3. The van der Waals surface area contributed by atoms with Crippen molar-refractivity contribution < 1.29 is 14.3 Å². The Balaban J connectivity index is 1.64. The van der Waals surface area contributed by atoms with Crippen LogP contribution in [0.1, 0.15) is 5.56 Å². The van der Waals surface area contributed by atoms with Crippen LogP contribution in [0.2, 0.25) is 0 Å². The first-order valence-corrected chi connectivity index (χ1v) is 7.66. The molecule has 1 atom stereocenters. The van der Waals surface area contributed by atoms with Gasteiger partial charge in [0.2, 0.25) is 0 Å². The van der Waals surface area contributed by atoms with E-state index in [-0.39, 0.29) is 5.91 Å². The number of rotatable bonds is 4. The summed E-state index contributed by atoms with van der Waals surface area (Å²) < 4.78 is 10.8. The van der Waals surface area contributed by atoms with Crippen LogP contribution in [0.3, 0.4) is 0 Å². The topological polar surface area (TPSA) is 38.8 Å². The Morgan fingerprint density at radius 1 is 1.18 bits per heavy atom. The number of hydrogen-bond acceptors (Lipinski definition) is 3. The minimum Gasteiger partial charge on any atom is -0.376 e. The van der Waals surface area contributed by atoms with Gasteiger partial charge in [-0.3, -0.25) is 4.79 Å². The van der Waals surface area contributed by atoms with Gasteiger partial charge in [0.05, 0.1) is 19.8 Å². The highest BCUT2D eigenvalue weighted by Crippen LogP contribution is 2.19. The number of fused-ring (bicyclic) bond motifs is 1. The summed E-state index contributed by atoms with van der Waals surface area (Å²) in [6.45, 7) is 2.10. The fourth-order valence-corrected chi connectivity index (χ4v) is 2.79. The molecule has 0 spiro atoms. The summed E-state index contributed by atoms with van der Waals surface area (Å²) in [6.07, 6.45) is 0.378. The van der Waals surface area contributed by atoms with Crippen molar-refractivity contribution in [3.05, 3.63) is 48.0 Å². The zero-order valence-electron chi connectivity index (χ0n) is 12.8. The molecular weight excluding hydrogens is 278 g/mol. The van der Waals surface area contributed by atoms with E-state index in [2.05, 4.69) is 30.3 Å². The molecule has 1 aliphatic heterocycles. The molecule has 116 valence electrons. The number of carbonyl (C=O) groups excluding carboxylic acids is 1. The Morgan fingerprint density at radius 3 is 2.82 bits per heavy atom. The molecule has 0 aliphatic carbocycles. The molecule has 1 amide bonds. The average molecular weight is 299 g/mol. The highest BCUT2D eigenvalue weighted by molar-refractivity contribution is 5.86. The standard InChI is InChI=1S/C18H21NO3/c1-19(18(20)17-13-21-11-12-22-17)10-9-15-7-4-6-14-5-2-3-8-16(14)15/h2-8,17H,9-13H2,1H3. The monoisotopic (exact) mass is 299 g/mol. The second kappa shape index (κ2) is 6.90. The SMILES string of the molecule is CN(CCc1cccc2ccccc12)C(=O)C1COCCO1. The van der Waals surface area contributed by atoms with E-state index in [1.54, 1.807) is 4.90 Å². The van der Waals surface area contributed by atoms with E-state index in [1.165, 1.54) is 16.3 Å². The fraction of sp³-hybridized carbons (Fsp3) is 0.389. The number of benzene rings is 2. The summed E-state index contributed by atoms with van der Waals surface area (Å²) >= 11 is 0. The maximum Gasteiger partial charge on any atom is 0.253 e. The van der Waals surface area contributed by atoms with Crippen LogP contribution in [-0.2, 0) is 20.7 Å². The van der Waals surface area contributed by atoms with Gasteiger partial charge in [-0.05, 0) is 22.8 Å². The van der Waals surface area contributed by atoms with Gasteiger partial charge in [-0.25, -0.2) is 0 Å². The normalized spacial score (nSPS) is 18.3. The fourth-order valence-electron chi connectivity index (χ4n) is 2.79. The van der Waals surface area contributed by atoms with Crippen LogP contribution in [0.4, 0.5) is 0 Å². The molecule has 1 heterocycles. The maximum absolute atomic E-state index is 12.3. The van der Waals surface area contributed by atoms with Gasteiger partial charge in [0.25, 0.3) is 5.91 Å². The number of amides is 1. The third-order valence-corrected chi connectivity index (χ3v) is 4.06. The highest BCUT2D eigenvalue weighted by Gasteiger charge is 2.25. The molecule has 1 fully saturated rings. The summed E-state index contributed by atoms with van der Waals surface area (Å²) in [7, 11) is 1.82. The highest BCUT2D eigenvalue weighted by atomic mass is 16.6. The molecule has 0 bridgehead atoms. The third-order valence-electron chi connectivity index (χ3n) is 4.06. The Morgan fingerprint density at radius 2 is 2.00 bits per heavy atom. The molecule has 1 saturated heterocycles. The third kappa shape index (κ3) is 3.29. The maximum atomic E-state index is 12.3. The van der Waals surface area contributed by atoms with Gasteiger partial charge in [-0.2, -0.15) is 0 Å². The molecule has 22 heavy (non-hydrogen) atoms. The minimum atomic E-state index is -0.453. The quantitative estimate of drug-likeness (QED) is 0.869. The molecule has 3 rings (SSSR count). The van der Waals surface area contributed by atoms with Crippen molar-refractivity contribution >= 4 is 16.7 Å². The Bertz CT molecular complexity index is 644. The van der Waals surface area contributed by atoms with Crippen LogP contribution in [0.5, 0.6) is 0 Å². The smallest absolute Gasteiger partial charge is 0.253 e. The van der Waals surface area contributed by atoms with Crippen molar-refractivity contribution in [2.75, 3.05) is 33.4 Å². The zero-order valence-corrected chi connectivity index (χ0v) is 12.8. The minimum absolute atomic E-state index is 0.0000586. The molecule has 2 aromatic rings. The van der Waals surface area contributed by atoms with Crippen LogP contribution in [-0.4, -0.2) is 50.3 Å². The number of hydrogen-bond donors (Lipinski definition) is 0. The van der Waals surface area contributed by atoms with E-state index in [4.69, 9.17) is 9.47 Å². The molecule has 2 aromatic carbocycles. The lowest BCUT2D eigenvalue weighted by Gasteiger charge is -2.26.